The van der Waals surface area contributed by atoms with Crippen LogP contribution in [0, 0.1) is 17.0 Å². The van der Waals surface area contributed by atoms with Crippen molar-refractivity contribution in [2.45, 2.75) is 11.8 Å². The maximum Gasteiger partial charge on any atom is 0.273 e. The van der Waals surface area contributed by atoms with Crippen LogP contribution in [0.25, 0.3) is 0 Å². The second kappa shape index (κ2) is 7.29. The number of nitro benzene ring substituents is 1. The zero-order chi connectivity index (χ0) is 15.2. The topological polar surface area (TPSA) is 119 Å². The van der Waals surface area contributed by atoms with Gasteiger partial charge in [0.05, 0.1) is 29.6 Å². The highest BCUT2D eigenvalue weighted by Gasteiger charge is 2.19. The number of benzene rings is 1. The van der Waals surface area contributed by atoms with E-state index in [0.29, 0.717) is 5.56 Å². The molecule has 9 heteroatoms. The molecule has 0 aliphatic heterocycles. The third-order valence-electron chi connectivity index (χ3n) is 2.46. The van der Waals surface area contributed by atoms with Crippen molar-refractivity contribution in [3.05, 3.63) is 33.9 Å². The summed E-state index contributed by atoms with van der Waals surface area (Å²) in [6.07, 6.45) is 0. The monoisotopic (exact) mass is 304 g/mol. The predicted molar refractivity (Wildman–Crippen MR) is 70.9 cm³/mol. The number of ether oxygens (including phenoxy) is 1. The number of nitrogens with one attached hydrogen (secondary N) is 1. The van der Waals surface area contributed by atoms with Crippen LogP contribution in [0.5, 0.6) is 0 Å². The van der Waals surface area contributed by atoms with Gasteiger partial charge < -0.3 is 9.84 Å². The molecule has 112 valence electrons. The average Bonchev–Trinajstić information content (AvgIpc) is 2.38. The first-order chi connectivity index (χ1) is 9.38. The zero-order valence-corrected chi connectivity index (χ0v) is 11.7. The Kier molecular flexibility index (Phi) is 6.02. The number of hydrogen-bond donors (Lipinski definition) is 2. The highest BCUT2D eigenvalue weighted by Crippen LogP contribution is 2.21. The maximum absolute atomic E-state index is 11.9. The van der Waals surface area contributed by atoms with Gasteiger partial charge in [-0.05, 0) is 13.0 Å². The molecular weight excluding hydrogens is 288 g/mol. The van der Waals surface area contributed by atoms with Gasteiger partial charge in [-0.3, -0.25) is 10.1 Å². The van der Waals surface area contributed by atoms with Gasteiger partial charge in [-0.2, -0.15) is 0 Å². The number of aliphatic hydroxyl groups excluding tert-OH is 1. The van der Waals surface area contributed by atoms with Crippen molar-refractivity contribution < 1.29 is 23.2 Å². The van der Waals surface area contributed by atoms with Crippen molar-refractivity contribution in [3.8, 4) is 0 Å². The molecule has 0 aliphatic rings. The number of aliphatic hydroxyl groups is 1. The molecule has 1 rings (SSSR count). The molecule has 0 heterocycles. The van der Waals surface area contributed by atoms with Crippen LogP contribution in [0.4, 0.5) is 5.69 Å². The van der Waals surface area contributed by atoms with Gasteiger partial charge in [0, 0.05) is 18.2 Å². The molecule has 20 heavy (non-hydrogen) atoms. The van der Waals surface area contributed by atoms with Gasteiger partial charge in [0.2, 0.25) is 10.0 Å². The molecule has 0 radical (unpaired) electrons. The van der Waals surface area contributed by atoms with Crippen molar-refractivity contribution >= 4 is 15.7 Å². The molecule has 0 amide bonds. The third kappa shape index (κ3) is 4.53. The molecule has 0 aromatic heterocycles. The third-order valence-corrected chi connectivity index (χ3v) is 3.92. The molecule has 0 fully saturated rings. The van der Waals surface area contributed by atoms with E-state index in [4.69, 9.17) is 9.84 Å². The fourth-order valence-electron chi connectivity index (χ4n) is 1.45. The van der Waals surface area contributed by atoms with Gasteiger partial charge in [0.25, 0.3) is 5.69 Å². The normalized spacial score (nSPS) is 11.5. The molecule has 0 saturated heterocycles. The summed E-state index contributed by atoms with van der Waals surface area (Å²) in [6.45, 7) is 1.64. The number of rotatable bonds is 8. The second-order valence-electron chi connectivity index (χ2n) is 3.94. The Bertz CT molecular complexity index is 572. The van der Waals surface area contributed by atoms with Crippen LogP contribution < -0.4 is 4.72 Å². The summed E-state index contributed by atoms with van der Waals surface area (Å²) in [4.78, 5) is 9.98. The molecule has 1 aromatic rings. The average molecular weight is 304 g/mol. The number of sulfonamides is 1. The SMILES string of the molecule is Cc1ccc(S(=O)(=O)NCCOCCO)cc1[N+](=O)[O-]. The summed E-state index contributed by atoms with van der Waals surface area (Å²) in [7, 11) is -3.82. The lowest BCUT2D eigenvalue weighted by Crippen LogP contribution is -2.27. The van der Waals surface area contributed by atoms with E-state index in [1.165, 1.54) is 19.1 Å². The summed E-state index contributed by atoms with van der Waals surface area (Å²) in [5.74, 6) is 0. The van der Waals surface area contributed by atoms with Crippen LogP contribution in [0.3, 0.4) is 0 Å². The van der Waals surface area contributed by atoms with Crippen molar-refractivity contribution in [2.24, 2.45) is 0 Å². The quantitative estimate of drug-likeness (QED) is 0.402. The summed E-state index contributed by atoms with van der Waals surface area (Å²) < 4.78 is 31.0. The maximum atomic E-state index is 11.9. The standard InChI is InChI=1S/C11H16N2O6S/c1-9-2-3-10(8-11(9)13(15)16)20(17,18)12-4-6-19-7-5-14/h2-3,8,12,14H,4-7H2,1H3. The Balaban J connectivity index is 2.77. The van der Waals surface area contributed by atoms with Gasteiger partial charge in [-0.1, -0.05) is 6.07 Å². The van der Waals surface area contributed by atoms with E-state index in [9.17, 15) is 18.5 Å². The van der Waals surface area contributed by atoms with Crippen LogP contribution >= 0.6 is 0 Å². The molecule has 2 N–H and O–H groups in total. The van der Waals surface area contributed by atoms with E-state index in [2.05, 4.69) is 4.72 Å². The van der Waals surface area contributed by atoms with Crippen LogP contribution in [-0.2, 0) is 14.8 Å². The lowest BCUT2D eigenvalue weighted by molar-refractivity contribution is -0.385. The minimum atomic E-state index is -3.82. The van der Waals surface area contributed by atoms with E-state index in [0.717, 1.165) is 6.07 Å². The van der Waals surface area contributed by atoms with Crippen molar-refractivity contribution in [1.29, 1.82) is 0 Å². The lowest BCUT2D eigenvalue weighted by atomic mass is 10.2. The molecule has 8 nitrogen and oxygen atoms in total. The molecule has 0 atom stereocenters. The van der Waals surface area contributed by atoms with Crippen LogP contribution in [-0.4, -0.2) is 44.8 Å². The van der Waals surface area contributed by atoms with Crippen LogP contribution in [0.15, 0.2) is 23.1 Å². The Morgan fingerprint density at radius 2 is 2.10 bits per heavy atom. The summed E-state index contributed by atoms with van der Waals surface area (Å²) in [5, 5.41) is 19.3. The van der Waals surface area contributed by atoms with Crippen molar-refractivity contribution in [1.82, 2.24) is 4.72 Å². The molecule has 0 unspecified atom stereocenters. The molecule has 1 aromatic carbocycles. The number of aryl methyl sites for hydroxylation is 1. The number of hydrogen-bond acceptors (Lipinski definition) is 6. The van der Waals surface area contributed by atoms with E-state index in [1.807, 2.05) is 0 Å². The molecule has 0 bridgehead atoms. The molecule has 0 spiro atoms. The summed E-state index contributed by atoms with van der Waals surface area (Å²) in [5.41, 5.74) is 0.143. The van der Waals surface area contributed by atoms with Crippen LogP contribution in [0.2, 0.25) is 0 Å². The Morgan fingerprint density at radius 1 is 1.40 bits per heavy atom. The zero-order valence-electron chi connectivity index (χ0n) is 10.9. The lowest BCUT2D eigenvalue weighted by Gasteiger charge is -2.07. The summed E-state index contributed by atoms with van der Waals surface area (Å²) in [6, 6.07) is 3.71. The van der Waals surface area contributed by atoms with E-state index in [-0.39, 0.29) is 36.9 Å². The largest absolute Gasteiger partial charge is 0.394 e. The molecular formula is C11H16N2O6S. The van der Waals surface area contributed by atoms with Gasteiger partial charge >= 0.3 is 0 Å². The first-order valence-electron chi connectivity index (χ1n) is 5.82. The number of nitro groups is 1. The smallest absolute Gasteiger partial charge is 0.273 e. The van der Waals surface area contributed by atoms with Gasteiger partial charge in [0.15, 0.2) is 0 Å². The van der Waals surface area contributed by atoms with E-state index in [1.54, 1.807) is 0 Å². The first kappa shape index (κ1) is 16.5. The highest BCUT2D eigenvalue weighted by atomic mass is 32.2. The molecule has 0 saturated carbocycles. The van der Waals surface area contributed by atoms with Crippen molar-refractivity contribution in [3.63, 3.8) is 0 Å². The Labute approximate surface area is 116 Å². The summed E-state index contributed by atoms with van der Waals surface area (Å²) >= 11 is 0. The fourth-order valence-corrected chi connectivity index (χ4v) is 2.48. The Morgan fingerprint density at radius 3 is 2.70 bits per heavy atom. The number of nitrogens with zero attached hydrogens (tertiary/aromatic N) is 1. The van der Waals surface area contributed by atoms with E-state index < -0.39 is 14.9 Å². The fraction of sp³-hybridized carbons (Fsp3) is 0.455. The predicted octanol–water partition coefficient (Wildman–Crippen LogP) is 0.190. The minimum absolute atomic E-state index is 0.0179. The van der Waals surface area contributed by atoms with Crippen molar-refractivity contribution in [2.75, 3.05) is 26.4 Å². The minimum Gasteiger partial charge on any atom is -0.394 e. The molecule has 0 aliphatic carbocycles. The highest BCUT2D eigenvalue weighted by molar-refractivity contribution is 7.89. The first-order valence-corrected chi connectivity index (χ1v) is 7.30. The van der Waals surface area contributed by atoms with Gasteiger partial charge in [0.1, 0.15) is 0 Å². The van der Waals surface area contributed by atoms with E-state index >= 15 is 0 Å². The second-order valence-corrected chi connectivity index (χ2v) is 5.71. The van der Waals surface area contributed by atoms with Crippen LogP contribution in [0.1, 0.15) is 5.56 Å². The van der Waals surface area contributed by atoms with Gasteiger partial charge in [-0.15, -0.1) is 0 Å². The van der Waals surface area contributed by atoms with Gasteiger partial charge in [-0.25, -0.2) is 13.1 Å². The Hall–Kier alpha value is -1.55.